The molecule has 0 fully saturated rings. The molecular weight excluding hydrogens is 334 g/mol. The maximum Gasteiger partial charge on any atom is 0.225 e. The third kappa shape index (κ3) is 5.60. The predicted octanol–water partition coefficient (Wildman–Crippen LogP) is 3.04. The normalized spacial score (nSPS) is 11.7. The Hall–Kier alpha value is -2.34. The van der Waals surface area contributed by atoms with Crippen molar-refractivity contribution in [2.45, 2.75) is 25.9 Å². The first-order chi connectivity index (χ1) is 11.9. The fraction of sp³-hybridized carbons (Fsp3) is 0.368. The van der Waals surface area contributed by atoms with E-state index in [4.69, 9.17) is 0 Å². The molecule has 0 radical (unpaired) electrons. The molecule has 1 heterocycles. The van der Waals surface area contributed by atoms with Crippen LogP contribution in [0.25, 0.3) is 0 Å². The van der Waals surface area contributed by atoms with Gasteiger partial charge in [0, 0.05) is 45.2 Å². The van der Waals surface area contributed by atoms with Gasteiger partial charge in [0.05, 0.1) is 12.5 Å². The largest absolute Gasteiger partial charge is 0.378 e. The Morgan fingerprint density at radius 2 is 1.80 bits per heavy atom. The van der Waals surface area contributed by atoms with Crippen LogP contribution in [0.2, 0.25) is 0 Å². The molecule has 6 heteroatoms. The van der Waals surface area contributed by atoms with Crippen LogP contribution in [0.1, 0.15) is 29.8 Å². The number of thiophene rings is 1. The number of nitrogens with zero attached hydrogens (tertiary/aromatic N) is 2. The molecule has 0 saturated heterocycles. The van der Waals surface area contributed by atoms with Gasteiger partial charge in [-0.15, -0.1) is 11.3 Å². The van der Waals surface area contributed by atoms with Crippen LogP contribution in [0.4, 0.5) is 5.69 Å². The summed E-state index contributed by atoms with van der Waals surface area (Å²) in [7, 11) is 5.79. The second kappa shape index (κ2) is 8.67. The van der Waals surface area contributed by atoms with E-state index in [0.29, 0.717) is 6.54 Å². The summed E-state index contributed by atoms with van der Waals surface area (Å²) < 4.78 is 0. The van der Waals surface area contributed by atoms with Crippen LogP contribution < -0.4 is 10.2 Å². The van der Waals surface area contributed by atoms with Gasteiger partial charge >= 0.3 is 0 Å². The van der Waals surface area contributed by atoms with Crippen LogP contribution >= 0.6 is 11.3 Å². The molecule has 2 amide bonds. The second-order valence-corrected chi connectivity index (χ2v) is 7.26. The average Bonchev–Trinajstić information content (AvgIpc) is 3.08. The topological polar surface area (TPSA) is 52.7 Å². The van der Waals surface area contributed by atoms with Gasteiger partial charge in [-0.3, -0.25) is 9.59 Å². The van der Waals surface area contributed by atoms with E-state index in [0.717, 1.165) is 16.1 Å². The first-order valence-electron chi connectivity index (χ1n) is 8.17. The fourth-order valence-electron chi connectivity index (χ4n) is 2.55. The lowest BCUT2D eigenvalue weighted by Gasteiger charge is -2.22. The molecule has 0 aliphatic heterocycles. The number of hydrogen-bond donors (Lipinski definition) is 1. The van der Waals surface area contributed by atoms with Crippen molar-refractivity contribution in [3.8, 4) is 0 Å². The Labute approximate surface area is 153 Å². The highest BCUT2D eigenvalue weighted by atomic mass is 32.1. The molecule has 0 saturated carbocycles. The molecule has 1 N–H and O–H groups in total. The maximum absolute atomic E-state index is 12.6. The number of carbonyl (C=O) groups is 2. The third-order valence-corrected chi connectivity index (χ3v) is 4.93. The molecule has 134 valence electrons. The zero-order valence-electron chi connectivity index (χ0n) is 15.2. The quantitative estimate of drug-likeness (QED) is 0.827. The molecule has 0 spiro atoms. The molecule has 1 aromatic heterocycles. The number of hydrogen-bond acceptors (Lipinski definition) is 4. The van der Waals surface area contributed by atoms with Gasteiger partial charge in [-0.2, -0.15) is 0 Å². The van der Waals surface area contributed by atoms with Gasteiger partial charge in [-0.25, -0.2) is 0 Å². The summed E-state index contributed by atoms with van der Waals surface area (Å²) in [6.07, 6.45) is 0.256. The van der Waals surface area contributed by atoms with Crippen molar-refractivity contribution in [2.75, 3.05) is 26.0 Å². The van der Waals surface area contributed by atoms with E-state index >= 15 is 0 Å². The molecule has 0 aliphatic rings. The van der Waals surface area contributed by atoms with Crippen LogP contribution in [-0.4, -0.2) is 37.9 Å². The third-order valence-electron chi connectivity index (χ3n) is 3.94. The van der Waals surface area contributed by atoms with E-state index in [2.05, 4.69) is 5.32 Å². The number of benzene rings is 1. The van der Waals surface area contributed by atoms with Crippen molar-refractivity contribution >= 4 is 28.8 Å². The molecule has 25 heavy (non-hydrogen) atoms. The van der Waals surface area contributed by atoms with Crippen molar-refractivity contribution in [1.82, 2.24) is 10.2 Å². The van der Waals surface area contributed by atoms with Crippen LogP contribution in [-0.2, 0) is 16.1 Å². The van der Waals surface area contributed by atoms with Crippen LogP contribution in [0.5, 0.6) is 0 Å². The standard InChI is InChI=1S/C19H25N3O2S/c1-14(23)20-17(18-6-5-11-25-18)12-19(24)22(4)13-15-7-9-16(10-8-15)21(2)3/h5-11,17H,12-13H2,1-4H3,(H,20,23)/t17-/m0/s1. The monoisotopic (exact) mass is 359 g/mol. The van der Waals surface area contributed by atoms with Crippen molar-refractivity contribution in [3.05, 3.63) is 52.2 Å². The lowest BCUT2D eigenvalue weighted by molar-refractivity contribution is -0.131. The molecule has 2 aromatic rings. The minimum absolute atomic E-state index is 0.00355. The van der Waals surface area contributed by atoms with Crippen molar-refractivity contribution in [3.63, 3.8) is 0 Å². The molecule has 0 aliphatic carbocycles. The van der Waals surface area contributed by atoms with Gasteiger partial charge in [-0.05, 0) is 29.1 Å². The van der Waals surface area contributed by atoms with Gasteiger partial charge in [0.2, 0.25) is 11.8 Å². The first kappa shape index (κ1) is 19.0. The van der Waals surface area contributed by atoms with Crippen molar-refractivity contribution in [1.29, 1.82) is 0 Å². The van der Waals surface area contributed by atoms with Gasteiger partial charge < -0.3 is 15.1 Å². The summed E-state index contributed by atoms with van der Waals surface area (Å²) in [5, 5.41) is 4.82. The van der Waals surface area contributed by atoms with Gasteiger partial charge in [0.15, 0.2) is 0 Å². The van der Waals surface area contributed by atoms with E-state index in [1.165, 1.54) is 6.92 Å². The molecule has 0 unspecified atom stereocenters. The van der Waals surface area contributed by atoms with Crippen molar-refractivity contribution in [2.24, 2.45) is 0 Å². The SMILES string of the molecule is CC(=O)N[C@@H](CC(=O)N(C)Cc1ccc(N(C)C)cc1)c1cccs1. The van der Waals surface area contributed by atoms with Crippen LogP contribution in [0, 0.1) is 0 Å². The Bertz CT molecular complexity index is 696. The number of nitrogens with one attached hydrogen (secondary N) is 1. The Kier molecular flexibility index (Phi) is 6.58. The maximum atomic E-state index is 12.6. The number of anilines is 1. The highest BCUT2D eigenvalue weighted by molar-refractivity contribution is 7.10. The molecule has 1 aromatic carbocycles. The Morgan fingerprint density at radius 3 is 2.32 bits per heavy atom. The summed E-state index contributed by atoms with van der Waals surface area (Å²) in [6.45, 7) is 2.02. The lowest BCUT2D eigenvalue weighted by atomic mass is 10.1. The Morgan fingerprint density at radius 1 is 1.12 bits per heavy atom. The van der Waals surface area contributed by atoms with E-state index in [-0.39, 0.29) is 24.3 Å². The summed E-state index contributed by atoms with van der Waals surface area (Å²) in [4.78, 5) is 28.8. The van der Waals surface area contributed by atoms with E-state index in [1.807, 2.05) is 60.8 Å². The first-order valence-corrected chi connectivity index (χ1v) is 9.05. The van der Waals surface area contributed by atoms with E-state index in [1.54, 1.807) is 23.3 Å². The fourth-order valence-corrected chi connectivity index (χ4v) is 3.33. The smallest absolute Gasteiger partial charge is 0.225 e. The van der Waals surface area contributed by atoms with E-state index in [9.17, 15) is 9.59 Å². The highest BCUT2D eigenvalue weighted by Gasteiger charge is 2.20. The van der Waals surface area contributed by atoms with E-state index < -0.39 is 0 Å². The summed E-state index contributed by atoms with van der Waals surface area (Å²) >= 11 is 1.54. The van der Waals surface area contributed by atoms with Gasteiger partial charge in [0.25, 0.3) is 0 Å². The molecular formula is C19H25N3O2S. The van der Waals surface area contributed by atoms with Crippen LogP contribution in [0.3, 0.4) is 0 Å². The lowest BCUT2D eigenvalue weighted by Crippen LogP contribution is -2.33. The number of rotatable bonds is 7. The van der Waals surface area contributed by atoms with Crippen LogP contribution in [0.15, 0.2) is 41.8 Å². The second-order valence-electron chi connectivity index (χ2n) is 6.28. The minimum Gasteiger partial charge on any atom is -0.378 e. The number of amides is 2. The minimum atomic E-state index is -0.274. The predicted molar refractivity (Wildman–Crippen MR) is 103 cm³/mol. The Balaban J connectivity index is 1.99. The zero-order valence-corrected chi connectivity index (χ0v) is 16.0. The highest BCUT2D eigenvalue weighted by Crippen LogP contribution is 2.23. The van der Waals surface area contributed by atoms with Gasteiger partial charge in [0.1, 0.15) is 0 Å². The van der Waals surface area contributed by atoms with Crippen molar-refractivity contribution < 1.29 is 9.59 Å². The number of carbonyl (C=O) groups excluding carboxylic acids is 2. The average molecular weight is 359 g/mol. The summed E-state index contributed by atoms with van der Waals surface area (Å²) in [5.74, 6) is -0.128. The summed E-state index contributed by atoms with van der Waals surface area (Å²) in [5.41, 5.74) is 2.20. The molecule has 0 bridgehead atoms. The zero-order chi connectivity index (χ0) is 18.4. The molecule has 2 rings (SSSR count). The molecule has 1 atom stereocenters. The summed E-state index contributed by atoms with van der Waals surface area (Å²) in [6, 6.07) is 11.7. The molecule has 5 nitrogen and oxygen atoms in total. The van der Waals surface area contributed by atoms with Gasteiger partial charge in [-0.1, -0.05) is 18.2 Å².